The summed E-state index contributed by atoms with van der Waals surface area (Å²) in [5, 5.41) is 21.1. The summed E-state index contributed by atoms with van der Waals surface area (Å²) in [6.07, 6.45) is 0. The molecule has 0 aliphatic rings. The fraction of sp³-hybridized carbons (Fsp3) is 0.167. The number of para-hydroxylation sites is 1. The fourth-order valence-electron chi connectivity index (χ4n) is 2.42. The number of H-pyrrole nitrogens is 1. The van der Waals surface area contributed by atoms with Crippen LogP contribution in [0, 0.1) is 10.1 Å². The van der Waals surface area contributed by atoms with Gasteiger partial charge in [0.1, 0.15) is 18.1 Å². The highest BCUT2D eigenvalue weighted by molar-refractivity contribution is 5.94. The highest BCUT2D eigenvalue weighted by atomic mass is 16.6. The van der Waals surface area contributed by atoms with Crippen molar-refractivity contribution >= 4 is 11.7 Å². The third-order valence-electron chi connectivity index (χ3n) is 3.70. The van der Waals surface area contributed by atoms with Gasteiger partial charge in [-0.05, 0) is 36.8 Å². The van der Waals surface area contributed by atoms with Crippen LogP contribution in [0.1, 0.15) is 23.0 Å². The molecular formula is C18H16N4O5. The maximum Gasteiger partial charge on any atom is 0.361 e. The van der Waals surface area contributed by atoms with Gasteiger partial charge in [-0.1, -0.05) is 12.1 Å². The van der Waals surface area contributed by atoms with Gasteiger partial charge in [-0.3, -0.25) is 10.1 Å². The molecule has 27 heavy (non-hydrogen) atoms. The van der Waals surface area contributed by atoms with Crippen molar-refractivity contribution in [2.45, 2.75) is 13.5 Å². The standard InChI is InChI=1S/C18H16N4O5/c1-2-26-18(23)17-16(19-21-20-17)14-5-3-4-6-15(14)27-11-12-7-9-13(10-8-12)22(24)25/h3-10H,2,11H2,1H3,(H,19,20,21). The second-order valence-corrected chi connectivity index (χ2v) is 5.45. The molecule has 0 fully saturated rings. The average molecular weight is 368 g/mol. The number of hydrogen-bond donors (Lipinski definition) is 1. The number of hydrogen-bond acceptors (Lipinski definition) is 7. The van der Waals surface area contributed by atoms with Gasteiger partial charge >= 0.3 is 5.97 Å². The second-order valence-electron chi connectivity index (χ2n) is 5.45. The maximum absolute atomic E-state index is 12.0. The van der Waals surface area contributed by atoms with Crippen LogP contribution in [0.25, 0.3) is 11.3 Å². The minimum atomic E-state index is -0.577. The summed E-state index contributed by atoms with van der Waals surface area (Å²) >= 11 is 0. The van der Waals surface area contributed by atoms with Crippen molar-refractivity contribution < 1.29 is 19.2 Å². The molecule has 0 saturated heterocycles. The Morgan fingerprint density at radius 2 is 1.89 bits per heavy atom. The van der Waals surface area contributed by atoms with E-state index in [1.165, 1.54) is 12.1 Å². The molecule has 138 valence electrons. The maximum atomic E-state index is 12.0. The van der Waals surface area contributed by atoms with E-state index in [9.17, 15) is 14.9 Å². The van der Waals surface area contributed by atoms with Gasteiger partial charge in [-0.25, -0.2) is 4.79 Å². The number of esters is 1. The van der Waals surface area contributed by atoms with Crippen LogP contribution < -0.4 is 4.74 Å². The zero-order valence-electron chi connectivity index (χ0n) is 14.4. The highest BCUT2D eigenvalue weighted by Crippen LogP contribution is 2.31. The van der Waals surface area contributed by atoms with Crippen molar-refractivity contribution in [1.82, 2.24) is 15.4 Å². The van der Waals surface area contributed by atoms with Crippen LogP contribution in [-0.4, -0.2) is 32.9 Å². The molecule has 3 aromatic rings. The number of rotatable bonds is 7. The Morgan fingerprint density at radius 1 is 1.15 bits per heavy atom. The molecule has 0 atom stereocenters. The number of benzene rings is 2. The molecule has 1 N–H and O–H groups in total. The Bertz CT molecular complexity index is 952. The predicted octanol–water partition coefficient (Wildman–Crippen LogP) is 3.14. The number of nitro benzene ring substituents is 1. The van der Waals surface area contributed by atoms with Crippen LogP contribution in [0.4, 0.5) is 5.69 Å². The predicted molar refractivity (Wildman–Crippen MR) is 95.2 cm³/mol. The van der Waals surface area contributed by atoms with E-state index in [2.05, 4.69) is 15.4 Å². The Hall–Kier alpha value is -3.75. The minimum absolute atomic E-state index is 0.0147. The quantitative estimate of drug-likeness (QED) is 0.386. The molecule has 1 aromatic heterocycles. The smallest absolute Gasteiger partial charge is 0.361 e. The summed E-state index contributed by atoms with van der Waals surface area (Å²) < 4.78 is 10.8. The second kappa shape index (κ2) is 8.09. The highest BCUT2D eigenvalue weighted by Gasteiger charge is 2.21. The molecule has 3 rings (SSSR count). The Morgan fingerprint density at radius 3 is 2.59 bits per heavy atom. The SMILES string of the molecule is CCOC(=O)c1n[nH]nc1-c1ccccc1OCc1ccc([N+](=O)[O-])cc1. The Kier molecular flexibility index (Phi) is 5.41. The van der Waals surface area contributed by atoms with Crippen molar-refractivity contribution in [2.24, 2.45) is 0 Å². The number of aromatic amines is 1. The van der Waals surface area contributed by atoms with Crippen LogP contribution >= 0.6 is 0 Å². The molecule has 0 bridgehead atoms. The average Bonchev–Trinajstić information content (AvgIpc) is 3.17. The van der Waals surface area contributed by atoms with Crippen molar-refractivity contribution in [2.75, 3.05) is 6.61 Å². The summed E-state index contributed by atoms with van der Waals surface area (Å²) in [5.74, 6) is -0.0817. The summed E-state index contributed by atoms with van der Waals surface area (Å²) in [7, 11) is 0. The number of carbonyl (C=O) groups is 1. The number of nitrogens with zero attached hydrogens (tertiary/aromatic N) is 3. The van der Waals surface area contributed by atoms with Gasteiger partial charge in [0.2, 0.25) is 0 Å². The van der Waals surface area contributed by atoms with Gasteiger partial charge in [0, 0.05) is 17.7 Å². The lowest BCUT2D eigenvalue weighted by Gasteiger charge is -2.10. The van der Waals surface area contributed by atoms with E-state index >= 15 is 0 Å². The number of ether oxygens (including phenoxy) is 2. The molecule has 9 nitrogen and oxygen atoms in total. The van der Waals surface area contributed by atoms with Gasteiger partial charge in [0.05, 0.1) is 11.5 Å². The van der Waals surface area contributed by atoms with Crippen molar-refractivity contribution in [1.29, 1.82) is 0 Å². The third-order valence-corrected chi connectivity index (χ3v) is 3.70. The summed E-state index contributed by atoms with van der Waals surface area (Å²) in [6.45, 7) is 2.13. The van der Waals surface area contributed by atoms with Gasteiger partial charge < -0.3 is 9.47 Å². The Labute approximate surface area is 154 Å². The normalized spacial score (nSPS) is 10.4. The first-order valence-electron chi connectivity index (χ1n) is 8.13. The first-order valence-corrected chi connectivity index (χ1v) is 8.13. The molecule has 0 aliphatic heterocycles. The largest absolute Gasteiger partial charge is 0.488 e. The van der Waals surface area contributed by atoms with Crippen molar-refractivity contribution in [3.05, 3.63) is 69.9 Å². The van der Waals surface area contributed by atoms with E-state index in [0.717, 1.165) is 5.56 Å². The van der Waals surface area contributed by atoms with E-state index < -0.39 is 10.9 Å². The van der Waals surface area contributed by atoms with Crippen LogP contribution in [0.5, 0.6) is 5.75 Å². The molecular weight excluding hydrogens is 352 g/mol. The lowest BCUT2D eigenvalue weighted by Crippen LogP contribution is -2.07. The molecule has 1 heterocycles. The molecule has 9 heteroatoms. The van der Waals surface area contributed by atoms with Crippen LogP contribution in [0.15, 0.2) is 48.5 Å². The zero-order valence-corrected chi connectivity index (χ0v) is 14.4. The number of nitro groups is 1. The monoisotopic (exact) mass is 368 g/mol. The topological polar surface area (TPSA) is 120 Å². The molecule has 0 aliphatic carbocycles. The summed E-state index contributed by atoms with van der Waals surface area (Å²) in [5.41, 5.74) is 1.76. The third kappa shape index (κ3) is 4.09. The van der Waals surface area contributed by atoms with Crippen molar-refractivity contribution in [3.8, 4) is 17.0 Å². The minimum Gasteiger partial charge on any atom is -0.488 e. The number of nitrogens with one attached hydrogen (secondary N) is 1. The van der Waals surface area contributed by atoms with Gasteiger partial charge in [0.15, 0.2) is 5.69 Å². The molecule has 0 spiro atoms. The first kappa shape index (κ1) is 18.1. The molecule has 2 aromatic carbocycles. The van der Waals surface area contributed by atoms with Gasteiger partial charge in [-0.15, -0.1) is 5.10 Å². The van der Waals surface area contributed by atoms with Crippen LogP contribution in [-0.2, 0) is 11.3 Å². The zero-order chi connectivity index (χ0) is 19.2. The summed E-state index contributed by atoms with van der Waals surface area (Å²) in [4.78, 5) is 22.3. The van der Waals surface area contributed by atoms with E-state index in [4.69, 9.17) is 9.47 Å². The van der Waals surface area contributed by atoms with E-state index in [-0.39, 0.29) is 24.6 Å². The lowest BCUT2D eigenvalue weighted by atomic mass is 10.1. The van der Waals surface area contributed by atoms with Crippen LogP contribution in [0.2, 0.25) is 0 Å². The van der Waals surface area contributed by atoms with E-state index in [1.54, 1.807) is 43.3 Å². The van der Waals surface area contributed by atoms with Gasteiger partial charge in [-0.2, -0.15) is 10.3 Å². The summed E-state index contributed by atoms with van der Waals surface area (Å²) in [6, 6.07) is 13.2. The number of non-ortho nitro benzene ring substituents is 1. The lowest BCUT2D eigenvalue weighted by molar-refractivity contribution is -0.384. The number of carbonyl (C=O) groups excluding carboxylic acids is 1. The molecule has 0 unspecified atom stereocenters. The van der Waals surface area contributed by atoms with E-state index in [1.807, 2.05) is 0 Å². The Balaban J connectivity index is 1.82. The molecule has 0 saturated carbocycles. The van der Waals surface area contributed by atoms with Gasteiger partial charge in [0.25, 0.3) is 5.69 Å². The first-order chi connectivity index (χ1) is 13.1. The molecule has 0 radical (unpaired) electrons. The fourth-order valence-corrected chi connectivity index (χ4v) is 2.42. The van der Waals surface area contributed by atoms with E-state index in [0.29, 0.717) is 17.0 Å². The molecule has 0 amide bonds. The van der Waals surface area contributed by atoms with Crippen LogP contribution in [0.3, 0.4) is 0 Å². The number of aromatic nitrogens is 3. The van der Waals surface area contributed by atoms with Crippen molar-refractivity contribution in [3.63, 3.8) is 0 Å².